The minimum Gasteiger partial charge on any atom is -0.196 e. The van der Waals surface area contributed by atoms with Crippen LogP contribution >= 0.6 is 10.3 Å². The fourth-order valence-electron chi connectivity index (χ4n) is 2.92. The number of fused-ring (bicyclic) bond motifs is 1. The fraction of sp³-hybridized carbons (Fsp3) is 0.222. The first-order valence-corrected chi connectivity index (χ1v) is 11.1. The van der Waals surface area contributed by atoms with E-state index in [0.717, 1.165) is 12.1 Å². The van der Waals surface area contributed by atoms with Crippen LogP contribution in [0, 0.1) is 0 Å². The molecule has 158 valence electrons. The third-order valence-electron chi connectivity index (χ3n) is 4.25. The Labute approximate surface area is 164 Å². The highest BCUT2D eigenvalue weighted by Crippen LogP contribution is 2.80. The van der Waals surface area contributed by atoms with Gasteiger partial charge in [-0.3, -0.25) is 0 Å². The molecule has 1 unspecified atom stereocenters. The topological polar surface area (TPSA) is 43.4 Å². The van der Waals surface area contributed by atoms with Gasteiger partial charge in [-0.2, -0.15) is 38.4 Å². The lowest BCUT2D eigenvalue weighted by Gasteiger charge is -2.39. The van der Waals surface area contributed by atoms with Gasteiger partial charge in [0.25, 0.3) is 0 Å². The summed E-state index contributed by atoms with van der Waals surface area (Å²) in [6, 6.07) is 10.5. The standard InChI is InChI=1S/C18H14F6O3S2/c1-2-12-8-9-15-14(10-12)11-16(13-6-4-3-5-7-13)28(15,17(19,20)21)27-29(25,26)18(22,23)24/h3-11H,2H2,1H3. The third-order valence-corrected chi connectivity index (χ3v) is 8.96. The van der Waals surface area contributed by atoms with Crippen LogP contribution in [0.15, 0.2) is 53.4 Å². The quantitative estimate of drug-likeness (QED) is 0.405. The molecule has 0 bridgehead atoms. The Kier molecular flexibility index (Phi) is 5.29. The summed E-state index contributed by atoms with van der Waals surface area (Å²) >= 11 is 0. The van der Waals surface area contributed by atoms with Crippen LogP contribution in [0.2, 0.25) is 0 Å². The molecule has 0 saturated carbocycles. The predicted octanol–water partition coefficient (Wildman–Crippen LogP) is 6.23. The molecule has 2 aromatic carbocycles. The van der Waals surface area contributed by atoms with Gasteiger partial charge < -0.3 is 0 Å². The minimum atomic E-state index is -6.55. The molecule has 0 aromatic heterocycles. The number of rotatable bonds is 4. The number of aryl methyl sites for hydroxylation is 1. The molecule has 3 rings (SSSR count). The zero-order valence-electron chi connectivity index (χ0n) is 14.7. The normalized spacial score (nSPS) is 22.0. The van der Waals surface area contributed by atoms with Gasteiger partial charge in [0.2, 0.25) is 0 Å². The molecule has 1 atom stereocenters. The van der Waals surface area contributed by atoms with E-state index in [1.807, 2.05) is 0 Å². The van der Waals surface area contributed by atoms with Crippen molar-refractivity contribution < 1.29 is 38.4 Å². The van der Waals surface area contributed by atoms with E-state index in [4.69, 9.17) is 0 Å². The van der Waals surface area contributed by atoms with Crippen LogP contribution in [0.25, 0.3) is 11.0 Å². The maximum absolute atomic E-state index is 14.4. The summed E-state index contributed by atoms with van der Waals surface area (Å²) in [5, 5.41) is 0. The predicted molar refractivity (Wildman–Crippen MR) is 98.1 cm³/mol. The molecule has 1 aliphatic rings. The monoisotopic (exact) mass is 456 g/mol. The summed E-state index contributed by atoms with van der Waals surface area (Å²) < 4.78 is 110. The maximum Gasteiger partial charge on any atom is 0.523 e. The van der Waals surface area contributed by atoms with Crippen molar-refractivity contribution in [3.05, 3.63) is 65.2 Å². The Morgan fingerprint density at radius 3 is 2.10 bits per heavy atom. The van der Waals surface area contributed by atoms with Gasteiger partial charge in [-0.25, -0.2) is 0 Å². The lowest BCUT2D eigenvalue weighted by molar-refractivity contribution is -0.0543. The molecule has 0 amide bonds. The molecular weight excluding hydrogens is 442 g/mol. The van der Waals surface area contributed by atoms with Crippen molar-refractivity contribution >= 4 is 31.4 Å². The Morgan fingerprint density at radius 2 is 1.59 bits per heavy atom. The van der Waals surface area contributed by atoms with Gasteiger partial charge in [0, 0.05) is 20.1 Å². The smallest absolute Gasteiger partial charge is 0.196 e. The first kappa shape index (κ1) is 21.7. The van der Waals surface area contributed by atoms with Crippen molar-refractivity contribution in [3.63, 3.8) is 0 Å². The van der Waals surface area contributed by atoms with Gasteiger partial charge in [0.1, 0.15) is 0 Å². The first-order chi connectivity index (χ1) is 13.3. The zero-order chi connectivity index (χ0) is 21.7. The van der Waals surface area contributed by atoms with Crippen molar-refractivity contribution in [2.24, 2.45) is 0 Å². The van der Waals surface area contributed by atoms with Crippen LogP contribution in [-0.2, 0) is 20.2 Å². The van der Waals surface area contributed by atoms with Crippen molar-refractivity contribution in [2.45, 2.75) is 29.3 Å². The molecule has 0 spiro atoms. The Bertz CT molecular complexity index is 1060. The molecule has 29 heavy (non-hydrogen) atoms. The lowest BCUT2D eigenvalue weighted by atomic mass is 10.1. The average molecular weight is 456 g/mol. The summed E-state index contributed by atoms with van der Waals surface area (Å²) in [5.74, 6) is 0. The highest BCUT2D eigenvalue weighted by atomic mass is 32.3. The molecular formula is C18H14F6O3S2. The van der Waals surface area contributed by atoms with Crippen LogP contribution in [0.3, 0.4) is 0 Å². The van der Waals surface area contributed by atoms with Gasteiger partial charge in [-0.15, -0.1) is 0 Å². The number of alkyl halides is 6. The summed E-state index contributed by atoms with van der Waals surface area (Å²) in [5.41, 5.74) is -10.9. The summed E-state index contributed by atoms with van der Waals surface area (Å²) in [6.07, 6.45) is 1.52. The van der Waals surface area contributed by atoms with Gasteiger partial charge in [-0.05, 0) is 35.3 Å². The second kappa shape index (κ2) is 7.06. The summed E-state index contributed by atoms with van der Waals surface area (Å²) in [7, 11) is -11.6. The first-order valence-electron chi connectivity index (χ1n) is 8.15. The van der Waals surface area contributed by atoms with E-state index in [9.17, 15) is 34.8 Å². The van der Waals surface area contributed by atoms with Gasteiger partial charge in [-0.1, -0.05) is 49.4 Å². The number of halogens is 6. The van der Waals surface area contributed by atoms with Crippen molar-refractivity contribution in [1.29, 1.82) is 0 Å². The largest absolute Gasteiger partial charge is 0.523 e. The highest BCUT2D eigenvalue weighted by Gasteiger charge is 2.64. The molecule has 0 aliphatic carbocycles. The average Bonchev–Trinajstić information content (AvgIpc) is 2.95. The molecule has 0 N–H and O–H groups in total. The number of hydrogen-bond acceptors (Lipinski definition) is 3. The molecule has 0 fully saturated rings. The van der Waals surface area contributed by atoms with Crippen LogP contribution in [0.5, 0.6) is 0 Å². The molecule has 2 aromatic rings. The van der Waals surface area contributed by atoms with Gasteiger partial charge in [0.15, 0.2) is 0 Å². The Balaban J connectivity index is 2.36. The maximum atomic E-state index is 14.4. The molecule has 0 radical (unpaired) electrons. The number of hydrogen-bond donors (Lipinski definition) is 0. The SMILES string of the molecule is CCc1ccc2c(c1)C=C(c1ccccc1)S2(OS(=O)(=O)C(F)(F)F)C(F)(F)F. The van der Waals surface area contributed by atoms with Crippen molar-refractivity contribution in [1.82, 2.24) is 0 Å². The molecule has 1 aliphatic heterocycles. The second-order valence-electron chi connectivity index (χ2n) is 6.07. The van der Waals surface area contributed by atoms with E-state index in [2.05, 4.69) is 3.63 Å². The van der Waals surface area contributed by atoms with E-state index in [1.165, 1.54) is 42.5 Å². The van der Waals surface area contributed by atoms with Crippen molar-refractivity contribution in [3.8, 4) is 0 Å². The molecule has 0 saturated heterocycles. The van der Waals surface area contributed by atoms with E-state index in [-0.39, 0.29) is 11.1 Å². The summed E-state index contributed by atoms with van der Waals surface area (Å²) in [6.45, 7) is 1.76. The number of benzene rings is 2. The van der Waals surface area contributed by atoms with E-state index < -0.39 is 41.2 Å². The van der Waals surface area contributed by atoms with Crippen LogP contribution in [-0.4, -0.2) is 19.4 Å². The van der Waals surface area contributed by atoms with E-state index in [1.54, 1.807) is 6.92 Å². The van der Waals surface area contributed by atoms with Crippen LogP contribution < -0.4 is 0 Å². The minimum absolute atomic E-state index is 0.0205. The van der Waals surface area contributed by atoms with Gasteiger partial charge >= 0.3 is 21.1 Å². The summed E-state index contributed by atoms with van der Waals surface area (Å²) in [4.78, 5) is -1.28. The fourth-order valence-corrected chi connectivity index (χ4v) is 7.41. The highest BCUT2D eigenvalue weighted by molar-refractivity contribution is 8.41. The third kappa shape index (κ3) is 3.55. The van der Waals surface area contributed by atoms with Crippen LogP contribution in [0.4, 0.5) is 26.3 Å². The second-order valence-corrected chi connectivity index (χ2v) is 10.4. The molecule has 1 heterocycles. The van der Waals surface area contributed by atoms with E-state index in [0.29, 0.717) is 12.0 Å². The Morgan fingerprint density at radius 1 is 0.966 bits per heavy atom. The van der Waals surface area contributed by atoms with Crippen LogP contribution in [0.1, 0.15) is 23.6 Å². The lowest BCUT2D eigenvalue weighted by Crippen LogP contribution is -2.32. The Hall–Kier alpha value is -1.98. The zero-order valence-corrected chi connectivity index (χ0v) is 16.3. The molecule has 11 heteroatoms. The van der Waals surface area contributed by atoms with E-state index >= 15 is 0 Å². The van der Waals surface area contributed by atoms with Crippen molar-refractivity contribution in [2.75, 3.05) is 0 Å². The molecule has 3 nitrogen and oxygen atoms in total. The van der Waals surface area contributed by atoms with Gasteiger partial charge in [0.05, 0.1) is 0 Å².